The van der Waals surface area contributed by atoms with Crippen molar-refractivity contribution in [2.45, 2.75) is 25.8 Å². The molecule has 0 unspecified atom stereocenters. The molecule has 1 aromatic carbocycles. The quantitative estimate of drug-likeness (QED) is 0.770. The first kappa shape index (κ1) is 14.3. The summed E-state index contributed by atoms with van der Waals surface area (Å²) in [4.78, 5) is 22.7. The second-order valence-corrected chi connectivity index (χ2v) is 5.07. The second-order valence-electron chi connectivity index (χ2n) is 5.07. The van der Waals surface area contributed by atoms with Gasteiger partial charge in [0.1, 0.15) is 5.82 Å². The lowest BCUT2D eigenvalue weighted by Crippen LogP contribution is -2.49. The summed E-state index contributed by atoms with van der Waals surface area (Å²) in [5, 5.41) is 14.2. The van der Waals surface area contributed by atoms with Crippen LogP contribution in [0.5, 0.6) is 0 Å². The third-order valence-electron chi connectivity index (χ3n) is 3.75. The molecule has 20 heavy (non-hydrogen) atoms. The second kappa shape index (κ2) is 5.90. The minimum atomic E-state index is -0.877. The van der Waals surface area contributed by atoms with Crippen molar-refractivity contribution in [3.8, 4) is 0 Å². The van der Waals surface area contributed by atoms with Crippen molar-refractivity contribution in [1.29, 1.82) is 0 Å². The number of carboxylic acids is 1. The van der Waals surface area contributed by atoms with Crippen LogP contribution >= 0.6 is 0 Å². The molecule has 1 aliphatic rings. The number of nitrogens with one attached hydrogen (secondary N) is 2. The van der Waals surface area contributed by atoms with Crippen LogP contribution in [0.3, 0.4) is 0 Å². The zero-order valence-corrected chi connectivity index (χ0v) is 11.0. The molecule has 0 atom stereocenters. The topological polar surface area (TPSA) is 78.4 Å². The van der Waals surface area contributed by atoms with Crippen LogP contribution in [0.15, 0.2) is 24.3 Å². The number of hydrogen-bond donors (Lipinski definition) is 3. The molecule has 1 saturated carbocycles. The Bertz CT molecular complexity index is 515. The molecule has 3 N–H and O–H groups in total. The van der Waals surface area contributed by atoms with Crippen molar-refractivity contribution < 1.29 is 19.1 Å². The molecule has 0 spiro atoms. The van der Waals surface area contributed by atoms with Crippen molar-refractivity contribution in [3.63, 3.8) is 0 Å². The number of carboxylic acid groups (broad SMARTS) is 1. The highest BCUT2D eigenvalue weighted by Gasteiger charge is 2.44. The highest BCUT2D eigenvalue weighted by atomic mass is 19.1. The third kappa shape index (κ3) is 3.07. The normalized spacial score (nSPS) is 16.1. The number of urea groups is 1. The van der Waals surface area contributed by atoms with Crippen LogP contribution in [0.2, 0.25) is 0 Å². The van der Waals surface area contributed by atoms with E-state index in [4.69, 9.17) is 5.11 Å². The first-order chi connectivity index (χ1) is 9.53. The van der Waals surface area contributed by atoms with Crippen molar-refractivity contribution in [2.75, 3.05) is 6.54 Å². The number of hydrogen-bond acceptors (Lipinski definition) is 2. The van der Waals surface area contributed by atoms with Crippen LogP contribution in [0.4, 0.5) is 9.18 Å². The first-order valence-electron chi connectivity index (χ1n) is 6.52. The molecule has 2 amide bonds. The van der Waals surface area contributed by atoms with Crippen molar-refractivity contribution in [1.82, 2.24) is 10.6 Å². The highest BCUT2D eigenvalue weighted by Crippen LogP contribution is 2.40. The highest BCUT2D eigenvalue weighted by molar-refractivity contribution is 5.78. The molecule has 5 nitrogen and oxygen atoms in total. The Hall–Kier alpha value is -2.11. The van der Waals surface area contributed by atoms with Gasteiger partial charge in [-0.05, 0) is 18.9 Å². The summed E-state index contributed by atoms with van der Waals surface area (Å²) in [6.45, 7) is 0.171. The molecule has 1 aliphatic carbocycles. The summed E-state index contributed by atoms with van der Waals surface area (Å²) < 4.78 is 13.3. The summed E-state index contributed by atoms with van der Waals surface area (Å²) in [6, 6.07) is 5.68. The average Bonchev–Trinajstić information content (AvgIpc) is 2.36. The van der Waals surface area contributed by atoms with E-state index < -0.39 is 17.4 Å². The Kier molecular flexibility index (Phi) is 4.22. The number of halogens is 1. The smallest absolute Gasteiger partial charge is 0.315 e. The molecule has 6 heteroatoms. The van der Waals surface area contributed by atoms with Crippen LogP contribution in [0, 0.1) is 11.2 Å². The van der Waals surface area contributed by atoms with Crippen LogP contribution in [0.25, 0.3) is 0 Å². The Morgan fingerprint density at radius 1 is 1.25 bits per heavy atom. The lowest BCUT2D eigenvalue weighted by molar-refractivity contribution is -0.153. The maximum atomic E-state index is 13.3. The van der Waals surface area contributed by atoms with Gasteiger partial charge in [-0.1, -0.05) is 24.6 Å². The molecule has 0 radical (unpaired) electrons. The van der Waals surface area contributed by atoms with E-state index in [1.54, 1.807) is 18.2 Å². The van der Waals surface area contributed by atoms with Crippen LogP contribution in [-0.2, 0) is 11.3 Å². The number of aliphatic carboxylic acids is 1. The Labute approximate surface area is 116 Å². The minimum Gasteiger partial charge on any atom is -0.481 e. The molecule has 0 saturated heterocycles. The third-order valence-corrected chi connectivity index (χ3v) is 3.75. The van der Waals surface area contributed by atoms with Gasteiger partial charge >= 0.3 is 12.0 Å². The van der Waals surface area contributed by atoms with E-state index in [-0.39, 0.29) is 18.9 Å². The Morgan fingerprint density at radius 2 is 1.95 bits per heavy atom. The molecule has 1 aromatic rings. The van der Waals surface area contributed by atoms with E-state index in [1.807, 2.05) is 0 Å². The van der Waals surface area contributed by atoms with Crippen LogP contribution < -0.4 is 10.6 Å². The number of carbonyl (C=O) groups excluding carboxylic acids is 1. The standard InChI is InChI=1S/C14H17FN2O3/c15-11-5-2-1-4-10(11)8-16-13(20)17-9-14(12(18)19)6-3-7-14/h1-2,4-5H,3,6-9H2,(H,18,19)(H2,16,17,20). The van der Waals surface area contributed by atoms with E-state index in [2.05, 4.69) is 10.6 Å². The molecule has 1 fully saturated rings. The summed E-state index contributed by atoms with van der Waals surface area (Å²) in [7, 11) is 0. The average molecular weight is 280 g/mol. The van der Waals surface area contributed by atoms with E-state index in [0.717, 1.165) is 6.42 Å². The van der Waals surface area contributed by atoms with Gasteiger partial charge in [0.15, 0.2) is 0 Å². The zero-order valence-electron chi connectivity index (χ0n) is 11.0. The van der Waals surface area contributed by atoms with E-state index >= 15 is 0 Å². The molecular formula is C14H17FN2O3. The van der Waals surface area contributed by atoms with E-state index in [9.17, 15) is 14.0 Å². The predicted molar refractivity (Wildman–Crippen MR) is 70.6 cm³/mol. The number of carbonyl (C=O) groups is 2. The molecule has 0 aromatic heterocycles. The fourth-order valence-corrected chi connectivity index (χ4v) is 2.20. The van der Waals surface area contributed by atoms with Gasteiger partial charge in [-0.25, -0.2) is 9.18 Å². The molecule has 0 heterocycles. The van der Waals surface area contributed by atoms with Gasteiger partial charge in [-0.15, -0.1) is 0 Å². The predicted octanol–water partition coefficient (Wildman–Crippen LogP) is 1.88. The number of amides is 2. The zero-order chi connectivity index (χ0) is 14.6. The maximum Gasteiger partial charge on any atom is 0.315 e. The minimum absolute atomic E-state index is 0.0680. The monoisotopic (exact) mass is 280 g/mol. The van der Waals surface area contributed by atoms with Crippen molar-refractivity contribution in [3.05, 3.63) is 35.6 Å². The van der Waals surface area contributed by atoms with Gasteiger partial charge in [-0.2, -0.15) is 0 Å². The fourth-order valence-electron chi connectivity index (χ4n) is 2.20. The fraction of sp³-hybridized carbons (Fsp3) is 0.429. The van der Waals surface area contributed by atoms with Gasteiger partial charge in [0, 0.05) is 18.7 Å². The SMILES string of the molecule is O=C(NCc1ccccc1F)NCC1(C(=O)O)CCC1. The van der Waals surface area contributed by atoms with Gasteiger partial charge < -0.3 is 15.7 Å². The van der Waals surface area contributed by atoms with Gasteiger partial charge in [0.25, 0.3) is 0 Å². The lowest BCUT2D eigenvalue weighted by atomic mass is 9.69. The van der Waals surface area contributed by atoms with Crippen molar-refractivity contribution >= 4 is 12.0 Å². The summed E-state index contributed by atoms with van der Waals surface area (Å²) in [5.41, 5.74) is -0.436. The molecule has 2 rings (SSSR count). The summed E-state index contributed by atoms with van der Waals surface area (Å²) >= 11 is 0. The lowest BCUT2D eigenvalue weighted by Gasteiger charge is -2.37. The first-order valence-corrected chi connectivity index (χ1v) is 6.52. The molecule has 0 bridgehead atoms. The van der Waals surface area contributed by atoms with E-state index in [1.165, 1.54) is 6.07 Å². The molecule has 0 aliphatic heterocycles. The van der Waals surface area contributed by atoms with Gasteiger partial charge in [-0.3, -0.25) is 4.79 Å². The maximum absolute atomic E-state index is 13.3. The van der Waals surface area contributed by atoms with Crippen LogP contribution in [-0.4, -0.2) is 23.7 Å². The number of benzene rings is 1. The van der Waals surface area contributed by atoms with Crippen LogP contribution in [0.1, 0.15) is 24.8 Å². The van der Waals surface area contributed by atoms with Gasteiger partial charge in [0.2, 0.25) is 0 Å². The summed E-state index contributed by atoms with van der Waals surface area (Å²) in [6.07, 6.45) is 2.02. The molecular weight excluding hydrogens is 263 g/mol. The summed E-state index contributed by atoms with van der Waals surface area (Å²) in [5.74, 6) is -1.26. The van der Waals surface area contributed by atoms with Gasteiger partial charge in [0.05, 0.1) is 5.41 Å². The number of rotatable bonds is 5. The Morgan fingerprint density at radius 3 is 2.50 bits per heavy atom. The van der Waals surface area contributed by atoms with Crippen molar-refractivity contribution in [2.24, 2.45) is 5.41 Å². The van der Waals surface area contributed by atoms with E-state index in [0.29, 0.717) is 18.4 Å². The largest absolute Gasteiger partial charge is 0.481 e. The Balaban J connectivity index is 1.79. The molecule has 108 valence electrons.